The van der Waals surface area contributed by atoms with Gasteiger partial charge in [-0.1, -0.05) is 53.6 Å². The van der Waals surface area contributed by atoms with Crippen LogP contribution in [0.3, 0.4) is 0 Å². The molecule has 2 aromatic carbocycles. The summed E-state index contributed by atoms with van der Waals surface area (Å²) in [6.45, 7) is 6.07. The highest BCUT2D eigenvalue weighted by atomic mass is 19.1. The van der Waals surface area contributed by atoms with Gasteiger partial charge in [-0.3, -0.25) is 4.79 Å². The number of aryl methyl sites for hydroxylation is 1. The van der Waals surface area contributed by atoms with Crippen LogP contribution < -0.4 is 5.32 Å². The molecule has 0 bridgehead atoms. The number of halogens is 1. The van der Waals surface area contributed by atoms with E-state index in [1.807, 2.05) is 37.3 Å². The van der Waals surface area contributed by atoms with Gasteiger partial charge in [0.15, 0.2) is 5.71 Å². The van der Waals surface area contributed by atoms with E-state index in [2.05, 4.69) is 22.6 Å². The Labute approximate surface area is 182 Å². The van der Waals surface area contributed by atoms with Crippen LogP contribution >= 0.6 is 0 Å². The van der Waals surface area contributed by atoms with Gasteiger partial charge in [0.05, 0.1) is 5.71 Å². The minimum absolute atomic E-state index is 0.0647. The summed E-state index contributed by atoms with van der Waals surface area (Å²) in [4.78, 5) is 22.6. The molecule has 164 valence electrons. The summed E-state index contributed by atoms with van der Waals surface area (Å²) in [5.74, 6) is -0.300. The Morgan fingerprint density at radius 1 is 1.26 bits per heavy atom. The number of carbonyl (C=O) groups excluding carboxylic acids is 1. The summed E-state index contributed by atoms with van der Waals surface area (Å²) >= 11 is 0. The van der Waals surface area contributed by atoms with Gasteiger partial charge in [-0.2, -0.15) is 0 Å². The van der Waals surface area contributed by atoms with Crippen molar-refractivity contribution in [2.24, 2.45) is 16.2 Å². The van der Waals surface area contributed by atoms with E-state index in [4.69, 9.17) is 9.68 Å². The van der Waals surface area contributed by atoms with Crippen molar-refractivity contribution in [3.8, 4) is 0 Å². The smallest absolute Gasteiger partial charge is 0.273 e. The van der Waals surface area contributed by atoms with Gasteiger partial charge >= 0.3 is 0 Å². The Hall–Kier alpha value is -3.22. The average molecular weight is 426 g/mol. The predicted octanol–water partition coefficient (Wildman–Crippen LogP) is 4.10. The molecule has 1 fully saturated rings. The third-order valence-electron chi connectivity index (χ3n) is 5.88. The molecule has 0 saturated heterocycles. The number of carbonyl (C=O) groups is 1. The first-order valence-electron chi connectivity index (χ1n) is 10.2. The van der Waals surface area contributed by atoms with Crippen LogP contribution in [0.1, 0.15) is 42.5 Å². The zero-order valence-corrected chi connectivity index (χ0v) is 18.5. The molecule has 7 heteroatoms. The van der Waals surface area contributed by atoms with Crippen LogP contribution in [0, 0.1) is 18.7 Å². The van der Waals surface area contributed by atoms with Crippen molar-refractivity contribution < 1.29 is 18.9 Å². The second-order valence-electron chi connectivity index (χ2n) is 8.00. The second kappa shape index (κ2) is 9.29. The number of likely N-dealkylation sites (N-methyl/N-ethyl adjacent to an activating group) is 1. The van der Waals surface area contributed by atoms with Gasteiger partial charge in [-0.05, 0) is 37.5 Å². The Bertz CT molecular complexity index is 1030. The molecule has 2 aromatic rings. The lowest BCUT2D eigenvalue weighted by Gasteiger charge is -2.13. The van der Waals surface area contributed by atoms with Crippen molar-refractivity contribution in [3.63, 3.8) is 0 Å². The van der Waals surface area contributed by atoms with Gasteiger partial charge in [0.2, 0.25) is 0 Å². The summed E-state index contributed by atoms with van der Waals surface area (Å²) < 4.78 is 13.6. The third kappa shape index (κ3) is 4.76. The highest BCUT2D eigenvalue weighted by molar-refractivity contribution is 6.45. The van der Waals surface area contributed by atoms with E-state index in [1.165, 1.54) is 20.2 Å². The topological polar surface area (TPSA) is 72.3 Å². The van der Waals surface area contributed by atoms with Gasteiger partial charge in [-0.15, -0.1) is 0 Å². The lowest BCUT2D eigenvalue weighted by molar-refractivity contribution is -0.114. The number of benzene rings is 2. The zero-order chi connectivity index (χ0) is 22.6. The van der Waals surface area contributed by atoms with Crippen LogP contribution in [-0.2, 0) is 26.5 Å². The fourth-order valence-electron chi connectivity index (χ4n) is 3.86. The van der Waals surface area contributed by atoms with Crippen molar-refractivity contribution >= 4 is 17.3 Å². The lowest BCUT2D eigenvalue weighted by atomic mass is 9.93. The number of hydrogen-bond donors (Lipinski definition) is 1. The van der Waals surface area contributed by atoms with Crippen molar-refractivity contribution in [1.82, 2.24) is 5.32 Å². The molecule has 0 spiro atoms. The highest BCUT2D eigenvalue weighted by Crippen LogP contribution is 2.54. The molecule has 1 aliphatic rings. The molecular formula is C24H28FN3O3. The molecule has 2 unspecified atom stereocenters. The minimum atomic E-state index is -0.350. The Kier molecular flexibility index (Phi) is 6.73. The molecule has 0 aliphatic heterocycles. The largest absolute Gasteiger partial charge is 0.398 e. The van der Waals surface area contributed by atoms with Crippen molar-refractivity contribution in [2.75, 3.05) is 14.2 Å². The molecule has 0 aromatic heterocycles. The maximum Gasteiger partial charge on any atom is 0.273 e. The van der Waals surface area contributed by atoms with Crippen LogP contribution in [-0.4, -0.2) is 31.5 Å². The molecule has 6 nitrogen and oxygen atoms in total. The summed E-state index contributed by atoms with van der Waals surface area (Å²) in [5.41, 5.74) is 4.15. The number of nitrogens with one attached hydrogen (secondary N) is 1. The number of rotatable bonds is 8. The van der Waals surface area contributed by atoms with Crippen molar-refractivity contribution in [3.05, 3.63) is 70.5 Å². The van der Waals surface area contributed by atoms with Crippen LogP contribution in [0.2, 0.25) is 0 Å². The van der Waals surface area contributed by atoms with Gasteiger partial charge < -0.3 is 15.0 Å². The zero-order valence-electron chi connectivity index (χ0n) is 18.5. The normalized spacial score (nSPS) is 20.9. The third-order valence-corrected chi connectivity index (χ3v) is 5.88. The summed E-state index contributed by atoms with van der Waals surface area (Å²) in [5, 5.41) is 10.7. The van der Waals surface area contributed by atoms with E-state index in [1.54, 1.807) is 13.0 Å². The first-order chi connectivity index (χ1) is 14.8. The average Bonchev–Trinajstić information content (AvgIpc) is 3.47. The van der Waals surface area contributed by atoms with Crippen molar-refractivity contribution in [1.29, 1.82) is 0 Å². The van der Waals surface area contributed by atoms with E-state index in [9.17, 15) is 9.18 Å². The standard InChI is InChI=1S/C24H28FN3O3/c1-15-12-18(10-11-21(15)25)24(3)13-20(24)16(2)27-31-14-17-8-6-7-9-19(17)22(28-30-5)23(29)26-4/h6-12,20H,13-14H2,1-5H3,(H,26,29)/b27-16+,28-22+. The highest BCUT2D eigenvalue weighted by Gasteiger charge is 2.53. The lowest BCUT2D eigenvalue weighted by Crippen LogP contribution is -2.29. The molecular weight excluding hydrogens is 397 g/mol. The van der Waals surface area contributed by atoms with Crippen molar-refractivity contribution in [2.45, 2.75) is 39.2 Å². The number of oxime groups is 2. The van der Waals surface area contributed by atoms with Gasteiger partial charge in [-0.25, -0.2) is 4.39 Å². The van der Waals surface area contributed by atoms with Gasteiger partial charge in [0, 0.05) is 29.5 Å². The molecule has 1 N–H and O–H groups in total. The van der Waals surface area contributed by atoms with E-state index in [-0.39, 0.29) is 35.4 Å². The number of amides is 1. The predicted molar refractivity (Wildman–Crippen MR) is 119 cm³/mol. The quantitative estimate of drug-likeness (QED) is 0.511. The summed E-state index contributed by atoms with van der Waals surface area (Å²) in [6.07, 6.45) is 0.939. The maximum absolute atomic E-state index is 13.6. The molecule has 0 radical (unpaired) electrons. The maximum atomic E-state index is 13.6. The van der Waals surface area contributed by atoms with E-state index in [0.717, 1.165) is 23.3 Å². The fourth-order valence-corrected chi connectivity index (χ4v) is 3.86. The number of nitrogens with zero attached hydrogens (tertiary/aromatic N) is 2. The summed E-state index contributed by atoms with van der Waals surface area (Å²) in [6, 6.07) is 12.6. The first-order valence-corrected chi connectivity index (χ1v) is 10.2. The first kappa shape index (κ1) is 22.5. The molecule has 31 heavy (non-hydrogen) atoms. The van der Waals surface area contributed by atoms with E-state index < -0.39 is 0 Å². The van der Waals surface area contributed by atoms with Crippen LogP contribution in [0.4, 0.5) is 4.39 Å². The Morgan fingerprint density at radius 3 is 2.68 bits per heavy atom. The fraction of sp³-hybridized carbons (Fsp3) is 0.375. The Balaban J connectivity index is 1.71. The van der Waals surface area contributed by atoms with Crippen LogP contribution in [0.15, 0.2) is 52.8 Å². The molecule has 1 saturated carbocycles. The molecule has 1 aliphatic carbocycles. The molecule has 2 atom stereocenters. The second-order valence-corrected chi connectivity index (χ2v) is 8.00. The van der Waals surface area contributed by atoms with E-state index in [0.29, 0.717) is 11.1 Å². The molecule has 3 rings (SSSR count). The van der Waals surface area contributed by atoms with Crippen LogP contribution in [0.25, 0.3) is 0 Å². The Morgan fingerprint density at radius 2 is 2.00 bits per heavy atom. The van der Waals surface area contributed by atoms with E-state index >= 15 is 0 Å². The molecule has 0 heterocycles. The monoisotopic (exact) mass is 425 g/mol. The van der Waals surface area contributed by atoms with Crippen LogP contribution in [0.5, 0.6) is 0 Å². The SMILES string of the molecule is CNC(=O)/C(=N/OC)c1ccccc1CO/N=C(\C)C1CC1(C)c1ccc(F)c(C)c1. The molecule has 1 amide bonds. The minimum Gasteiger partial charge on any atom is -0.398 e. The van der Waals surface area contributed by atoms with Gasteiger partial charge in [0.25, 0.3) is 5.91 Å². The summed E-state index contributed by atoms with van der Waals surface area (Å²) in [7, 11) is 2.93. The number of hydrogen-bond acceptors (Lipinski definition) is 5. The van der Waals surface area contributed by atoms with Gasteiger partial charge in [0.1, 0.15) is 19.5 Å².